The minimum absolute atomic E-state index is 0.318. The molecule has 0 aliphatic carbocycles. The van der Waals surface area contributed by atoms with Gasteiger partial charge in [-0.1, -0.05) is 57.9 Å². The van der Waals surface area contributed by atoms with Gasteiger partial charge in [0.05, 0.1) is 6.61 Å². The van der Waals surface area contributed by atoms with Crippen LogP contribution in [0, 0.1) is 0 Å². The Morgan fingerprint density at radius 3 is 2.65 bits per heavy atom. The maximum Gasteiger partial charge on any atom is 0.335 e. The molecular weight excluding hydrogens is 307 g/mol. The Hall–Kier alpha value is -0.580. The van der Waals surface area contributed by atoms with E-state index in [2.05, 4.69) is 15.9 Å². The number of hydrogen-bond acceptors (Lipinski definition) is 2. The van der Waals surface area contributed by atoms with Crippen LogP contribution < -0.4 is 0 Å². The number of benzene rings is 1. The van der Waals surface area contributed by atoms with Crippen LogP contribution in [0.3, 0.4) is 0 Å². The Bertz CT molecular complexity index is 354. The van der Waals surface area contributed by atoms with Crippen LogP contribution in [0.2, 0.25) is 0 Å². The highest BCUT2D eigenvalue weighted by Gasteiger charge is 2.31. The SMILES string of the molecule is O=C(O)C(Cl)(Br)CCCOCc1ccccc1. The zero-order valence-electron chi connectivity index (χ0n) is 9.23. The van der Waals surface area contributed by atoms with Gasteiger partial charge in [-0.15, -0.1) is 0 Å². The van der Waals surface area contributed by atoms with E-state index in [1.54, 1.807) is 0 Å². The lowest BCUT2D eigenvalue weighted by molar-refractivity contribution is -0.137. The molecule has 1 aromatic rings. The standard InChI is InChI=1S/C12H14BrClO3/c13-12(14,11(15)16)7-4-8-17-9-10-5-2-1-3-6-10/h1-3,5-6H,4,7-9H2,(H,15,16). The summed E-state index contributed by atoms with van der Waals surface area (Å²) in [6.07, 6.45) is 0.909. The third kappa shape index (κ3) is 5.52. The average Bonchev–Trinajstić information content (AvgIpc) is 2.29. The van der Waals surface area contributed by atoms with E-state index in [-0.39, 0.29) is 0 Å². The second kappa shape index (κ2) is 6.99. The summed E-state index contributed by atoms with van der Waals surface area (Å²) in [5.74, 6) is -1.07. The van der Waals surface area contributed by atoms with Crippen LogP contribution >= 0.6 is 27.5 Å². The van der Waals surface area contributed by atoms with Crippen LogP contribution in [-0.4, -0.2) is 21.5 Å². The fraction of sp³-hybridized carbons (Fsp3) is 0.417. The van der Waals surface area contributed by atoms with Gasteiger partial charge >= 0.3 is 5.97 Å². The Morgan fingerprint density at radius 1 is 1.41 bits per heavy atom. The van der Waals surface area contributed by atoms with E-state index in [4.69, 9.17) is 21.4 Å². The van der Waals surface area contributed by atoms with Gasteiger partial charge in [-0.3, -0.25) is 0 Å². The van der Waals surface area contributed by atoms with E-state index in [9.17, 15) is 4.79 Å². The third-order valence-corrected chi connectivity index (χ3v) is 3.29. The minimum atomic E-state index is -1.37. The summed E-state index contributed by atoms with van der Waals surface area (Å²) < 4.78 is 4.05. The van der Waals surface area contributed by atoms with Crippen molar-refractivity contribution in [3.05, 3.63) is 35.9 Å². The lowest BCUT2D eigenvalue weighted by Crippen LogP contribution is -2.25. The van der Waals surface area contributed by atoms with Crippen molar-refractivity contribution in [1.82, 2.24) is 0 Å². The number of ether oxygens (including phenoxy) is 1. The molecule has 1 aromatic carbocycles. The molecule has 0 radical (unpaired) electrons. The molecule has 94 valence electrons. The predicted octanol–water partition coefficient (Wildman–Crippen LogP) is 3.40. The van der Waals surface area contributed by atoms with Crippen LogP contribution in [0.15, 0.2) is 30.3 Å². The summed E-state index contributed by atoms with van der Waals surface area (Å²) >= 11 is 8.68. The quantitative estimate of drug-likeness (QED) is 0.618. The van der Waals surface area contributed by atoms with Crippen molar-refractivity contribution >= 4 is 33.5 Å². The molecule has 1 atom stereocenters. The topological polar surface area (TPSA) is 46.5 Å². The van der Waals surface area contributed by atoms with Gasteiger partial charge in [-0.05, 0) is 18.4 Å². The molecule has 0 amide bonds. The molecule has 0 aromatic heterocycles. The molecule has 1 unspecified atom stereocenters. The highest BCUT2D eigenvalue weighted by Crippen LogP contribution is 2.29. The largest absolute Gasteiger partial charge is 0.479 e. The van der Waals surface area contributed by atoms with Crippen molar-refractivity contribution in [2.24, 2.45) is 0 Å². The first-order valence-corrected chi connectivity index (χ1v) is 6.42. The number of aliphatic carboxylic acids is 1. The molecule has 0 aliphatic heterocycles. The van der Waals surface area contributed by atoms with E-state index < -0.39 is 9.75 Å². The number of halogens is 2. The number of carbonyl (C=O) groups is 1. The summed E-state index contributed by atoms with van der Waals surface area (Å²) in [4.78, 5) is 10.7. The van der Waals surface area contributed by atoms with Crippen molar-refractivity contribution in [2.45, 2.75) is 23.2 Å². The molecule has 0 saturated heterocycles. The second-order valence-corrected chi connectivity index (χ2v) is 6.11. The first-order chi connectivity index (χ1) is 8.02. The van der Waals surface area contributed by atoms with Gasteiger partial charge in [0.25, 0.3) is 0 Å². The number of rotatable bonds is 7. The van der Waals surface area contributed by atoms with Crippen molar-refractivity contribution < 1.29 is 14.6 Å². The lowest BCUT2D eigenvalue weighted by Gasteiger charge is -2.13. The minimum Gasteiger partial charge on any atom is -0.479 e. The summed E-state index contributed by atoms with van der Waals surface area (Å²) in [7, 11) is 0. The van der Waals surface area contributed by atoms with Gasteiger partial charge in [0, 0.05) is 6.61 Å². The van der Waals surface area contributed by atoms with Crippen LogP contribution in [0.5, 0.6) is 0 Å². The molecule has 0 saturated carbocycles. The van der Waals surface area contributed by atoms with Crippen molar-refractivity contribution in [3.63, 3.8) is 0 Å². The van der Waals surface area contributed by atoms with E-state index in [0.717, 1.165) is 5.56 Å². The maximum atomic E-state index is 10.7. The molecule has 0 bridgehead atoms. The number of carboxylic acids is 1. The maximum absolute atomic E-state index is 10.7. The van der Waals surface area contributed by atoms with Gasteiger partial charge in [0.2, 0.25) is 0 Å². The van der Waals surface area contributed by atoms with Crippen LogP contribution in [0.25, 0.3) is 0 Å². The normalized spacial score (nSPS) is 14.2. The third-order valence-electron chi connectivity index (χ3n) is 2.20. The Morgan fingerprint density at radius 2 is 2.06 bits per heavy atom. The van der Waals surface area contributed by atoms with Crippen LogP contribution in [0.4, 0.5) is 0 Å². The fourth-order valence-corrected chi connectivity index (χ4v) is 1.68. The molecule has 17 heavy (non-hydrogen) atoms. The van der Waals surface area contributed by atoms with E-state index >= 15 is 0 Å². The molecule has 5 heteroatoms. The van der Waals surface area contributed by atoms with Gasteiger partial charge in [0.1, 0.15) is 0 Å². The predicted molar refractivity (Wildman–Crippen MR) is 70.5 cm³/mol. The summed E-state index contributed by atoms with van der Waals surface area (Å²) in [6.45, 7) is 1.02. The Labute approximate surface area is 114 Å². The molecule has 0 spiro atoms. The van der Waals surface area contributed by atoms with Crippen molar-refractivity contribution in [3.8, 4) is 0 Å². The second-order valence-electron chi connectivity index (χ2n) is 3.65. The van der Waals surface area contributed by atoms with Crippen molar-refractivity contribution in [2.75, 3.05) is 6.61 Å². The fourth-order valence-electron chi connectivity index (χ4n) is 1.27. The molecular formula is C12H14BrClO3. The smallest absolute Gasteiger partial charge is 0.335 e. The Balaban J connectivity index is 2.15. The van der Waals surface area contributed by atoms with Crippen LogP contribution in [0.1, 0.15) is 18.4 Å². The molecule has 3 nitrogen and oxygen atoms in total. The first-order valence-electron chi connectivity index (χ1n) is 5.25. The number of hydrogen-bond donors (Lipinski definition) is 1. The monoisotopic (exact) mass is 320 g/mol. The van der Waals surface area contributed by atoms with E-state index in [1.807, 2.05) is 30.3 Å². The van der Waals surface area contributed by atoms with Crippen molar-refractivity contribution in [1.29, 1.82) is 0 Å². The van der Waals surface area contributed by atoms with Crippen LogP contribution in [-0.2, 0) is 16.1 Å². The van der Waals surface area contributed by atoms with Gasteiger partial charge in [-0.2, -0.15) is 0 Å². The van der Waals surface area contributed by atoms with Gasteiger partial charge in [0.15, 0.2) is 3.78 Å². The number of carboxylic acid groups (broad SMARTS) is 1. The number of alkyl halides is 2. The molecule has 1 N–H and O–H groups in total. The van der Waals surface area contributed by atoms with Gasteiger partial charge in [-0.25, -0.2) is 4.79 Å². The summed E-state index contributed by atoms with van der Waals surface area (Å²) in [6, 6.07) is 9.81. The van der Waals surface area contributed by atoms with Gasteiger partial charge < -0.3 is 9.84 Å². The summed E-state index contributed by atoms with van der Waals surface area (Å²) in [5, 5.41) is 8.76. The lowest BCUT2D eigenvalue weighted by atomic mass is 10.2. The van der Waals surface area contributed by atoms with E-state index in [1.165, 1.54) is 0 Å². The molecule has 1 rings (SSSR count). The highest BCUT2D eigenvalue weighted by molar-refractivity contribution is 9.10. The highest BCUT2D eigenvalue weighted by atomic mass is 79.9. The zero-order valence-corrected chi connectivity index (χ0v) is 11.6. The molecule has 0 aliphatic rings. The zero-order chi connectivity index (χ0) is 12.7. The average molecular weight is 322 g/mol. The Kier molecular flexibility index (Phi) is 5.95. The summed E-state index contributed by atoms with van der Waals surface area (Å²) in [5.41, 5.74) is 1.10. The van der Waals surface area contributed by atoms with E-state index in [0.29, 0.717) is 26.1 Å². The molecule has 0 fully saturated rings. The molecule has 0 heterocycles. The first kappa shape index (κ1) is 14.5.